The van der Waals surface area contributed by atoms with Crippen LogP contribution in [-0.2, 0) is 16.1 Å². The van der Waals surface area contributed by atoms with Gasteiger partial charge in [-0.25, -0.2) is 4.79 Å². The molecule has 2 aliphatic rings. The molecule has 2 aromatic rings. The quantitative estimate of drug-likeness (QED) is 0.594. The van der Waals surface area contributed by atoms with E-state index in [-0.39, 0.29) is 19.1 Å². The molecule has 2 aromatic carbocycles. The summed E-state index contributed by atoms with van der Waals surface area (Å²) in [4.78, 5) is 39.1. The minimum Gasteiger partial charge on any atom is -0.481 e. The summed E-state index contributed by atoms with van der Waals surface area (Å²) in [5.41, 5.74) is 1.61. The monoisotopic (exact) mass is 453 g/mol. The molecule has 2 atom stereocenters. The van der Waals surface area contributed by atoms with Crippen molar-refractivity contribution in [3.8, 4) is 11.5 Å². The number of carbonyl (C=O) groups is 3. The van der Waals surface area contributed by atoms with Crippen molar-refractivity contribution >= 4 is 17.9 Å². The Morgan fingerprint density at radius 2 is 1.88 bits per heavy atom. The van der Waals surface area contributed by atoms with E-state index in [0.717, 1.165) is 18.4 Å². The maximum Gasteiger partial charge on any atom is 0.315 e. The first kappa shape index (κ1) is 22.4. The van der Waals surface area contributed by atoms with Gasteiger partial charge in [0, 0.05) is 13.1 Å². The van der Waals surface area contributed by atoms with Crippen LogP contribution in [-0.4, -0.2) is 47.3 Å². The Hall–Kier alpha value is -3.75. The number of nitrogens with one attached hydrogen (secondary N) is 2. The number of urea groups is 1. The SMILES string of the molecule is O=C(O)C[C@H](NC(=O)NC1CCCCN(Cc2ccccc2)C1=O)c1ccc2c(c1)OCO2. The standard InChI is InChI=1S/C24H27N3O6/c28-22(29)13-19(17-9-10-20-21(12-17)33-15-32-20)26-24(31)25-18-8-4-5-11-27(23(18)30)14-16-6-2-1-3-7-16/h1-3,6-7,9-10,12,18-19H,4-5,8,11,13-15H2,(H,28,29)(H2,25,26,31)/t18?,19-/m0/s1. The molecule has 0 radical (unpaired) electrons. The topological polar surface area (TPSA) is 117 Å². The minimum atomic E-state index is -1.06. The fraction of sp³-hybridized carbons (Fsp3) is 0.375. The lowest BCUT2D eigenvalue weighted by Crippen LogP contribution is -2.50. The number of rotatable bonds is 7. The highest BCUT2D eigenvalue weighted by Gasteiger charge is 2.29. The van der Waals surface area contributed by atoms with Gasteiger partial charge in [0.05, 0.1) is 12.5 Å². The maximum atomic E-state index is 13.1. The molecule has 2 aliphatic heterocycles. The lowest BCUT2D eigenvalue weighted by atomic mass is 10.0. The highest BCUT2D eigenvalue weighted by atomic mass is 16.7. The van der Waals surface area contributed by atoms with E-state index in [9.17, 15) is 19.5 Å². The van der Waals surface area contributed by atoms with Gasteiger partial charge >= 0.3 is 12.0 Å². The molecule has 33 heavy (non-hydrogen) atoms. The molecule has 0 aromatic heterocycles. The fourth-order valence-electron chi connectivity index (χ4n) is 4.11. The number of carboxylic acid groups (broad SMARTS) is 1. The first-order valence-electron chi connectivity index (χ1n) is 11.0. The summed E-state index contributed by atoms with van der Waals surface area (Å²) >= 11 is 0. The summed E-state index contributed by atoms with van der Waals surface area (Å²) < 4.78 is 10.7. The van der Waals surface area contributed by atoms with Gasteiger partial charge in [-0.05, 0) is 42.5 Å². The normalized spacial score (nSPS) is 18.4. The lowest BCUT2D eigenvalue weighted by molar-refractivity contribution is -0.137. The Labute approximate surface area is 191 Å². The van der Waals surface area contributed by atoms with Crippen LogP contribution >= 0.6 is 0 Å². The molecule has 9 heteroatoms. The van der Waals surface area contributed by atoms with Gasteiger partial charge < -0.3 is 30.1 Å². The molecule has 3 N–H and O–H groups in total. The summed E-state index contributed by atoms with van der Waals surface area (Å²) in [5.74, 6) is -0.123. The smallest absolute Gasteiger partial charge is 0.315 e. The largest absolute Gasteiger partial charge is 0.481 e. The summed E-state index contributed by atoms with van der Waals surface area (Å²) in [6, 6.07) is 12.7. The zero-order valence-corrected chi connectivity index (χ0v) is 18.2. The van der Waals surface area contributed by atoms with Crippen LogP contribution in [0.5, 0.6) is 11.5 Å². The second-order valence-electron chi connectivity index (χ2n) is 8.17. The molecule has 4 rings (SSSR count). The van der Waals surface area contributed by atoms with Crippen LogP contribution in [0.4, 0.5) is 4.79 Å². The summed E-state index contributed by atoms with van der Waals surface area (Å²) in [6.45, 7) is 1.21. The van der Waals surface area contributed by atoms with Gasteiger partial charge in [-0.1, -0.05) is 36.4 Å². The van der Waals surface area contributed by atoms with E-state index < -0.39 is 24.1 Å². The Balaban J connectivity index is 1.42. The average molecular weight is 453 g/mol. The van der Waals surface area contributed by atoms with Crippen molar-refractivity contribution in [2.24, 2.45) is 0 Å². The van der Waals surface area contributed by atoms with Crippen LogP contribution in [0.15, 0.2) is 48.5 Å². The molecule has 2 heterocycles. The van der Waals surface area contributed by atoms with Gasteiger partial charge in [0.2, 0.25) is 12.7 Å². The molecule has 3 amide bonds. The average Bonchev–Trinajstić information content (AvgIpc) is 3.21. The van der Waals surface area contributed by atoms with Crippen LogP contribution < -0.4 is 20.1 Å². The third-order valence-corrected chi connectivity index (χ3v) is 5.79. The zero-order chi connectivity index (χ0) is 23.2. The molecule has 0 bridgehead atoms. The van der Waals surface area contributed by atoms with Crippen molar-refractivity contribution < 1.29 is 29.0 Å². The van der Waals surface area contributed by atoms with Gasteiger partial charge in [0.15, 0.2) is 11.5 Å². The van der Waals surface area contributed by atoms with Crippen molar-refractivity contribution in [3.63, 3.8) is 0 Å². The van der Waals surface area contributed by atoms with E-state index >= 15 is 0 Å². The van der Waals surface area contributed by atoms with E-state index in [4.69, 9.17) is 9.47 Å². The van der Waals surface area contributed by atoms with E-state index in [2.05, 4.69) is 10.6 Å². The van der Waals surface area contributed by atoms with Crippen LogP contribution in [0.25, 0.3) is 0 Å². The second-order valence-corrected chi connectivity index (χ2v) is 8.17. The number of carbonyl (C=O) groups excluding carboxylic acids is 2. The number of hydrogen-bond donors (Lipinski definition) is 3. The van der Waals surface area contributed by atoms with Crippen molar-refractivity contribution in [1.29, 1.82) is 0 Å². The lowest BCUT2D eigenvalue weighted by Gasteiger charge is -2.26. The first-order chi connectivity index (χ1) is 16.0. The summed E-state index contributed by atoms with van der Waals surface area (Å²) in [6.07, 6.45) is 1.89. The minimum absolute atomic E-state index is 0.0968. The van der Waals surface area contributed by atoms with Gasteiger partial charge in [-0.15, -0.1) is 0 Å². The molecule has 1 unspecified atom stereocenters. The van der Waals surface area contributed by atoms with Gasteiger partial charge in [0.1, 0.15) is 6.04 Å². The van der Waals surface area contributed by atoms with Crippen LogP contribution in [0.1, 0.15) is 42.9 Å². The molecule has 9 nitrogen and oxygen atoms in total. The molecule has 0 spiro atoms. The highest BCUT2D eigenvalue weighted by Crippen LogP contribution is 2.34. The summed E-state index contributed by atoms with van der Waals surface area (Å²) in [5, 5.41) is 14.8. The molecule has 0 saturated carbocycles. The molecular weight excluding hydrogens is 426 g/mol. The molecule has 1 saturated heterocycles. The fourth-order valence-corrected chi connectivity index (χ4v) is 4.11. The van der Waals surface area contributed by atoms with Gasteiger partial charge in [-0.3, -0.25) is 9.59 Å². The number of benzene rings is 2. The summed E-state index contributed by atoms with van der Waals surface area (Å²) in [7, 11) is 0. The number of amides is 3. The Bertz CT molecular complexity index is 1010. The third-order valence-electron chi connectivity index (χ3n) is 5.79. The van der Waals surface area contributed by atoms with Gasteiger partial charge in [-0.2, -0.15) is 0 Å². The Kier molecular flexibility index (Phi) is 6.97. The molecule has 1 fully saturated rings. The first-order valence-corrected chi connectivity index (χ1v) is 11.0. The van der Waals surface area contributed by atoms with Crippen molar-refractivity contribution in [2.75, 3.05) is 13.3 Å². The Morgan fingerprint density at radius 1 is 1.09 bits per heavy atom. The molecular formula is C24H27N3O6. The number of fused-ring (bicyclic) bond motifs is 1. The van der Waals surface area contributed by atoms with Crippen LogP contribution in [0.3, 0.4) is 0 Å². The predicted octanol–water partition coefficient (Wildman–Crippen LogP) is 2.81. The Morgan fingerprint density at radius 3 is 2.67 bits per heavy atom. The van der Waals surface area contributed by atoms with Gasteiger partial charge in [0.25, 0.3) is 0 Å². The van der Waals surface area contributed by atoms with E-state index in [1.165, 1.54) is 0 Å². The van der Waals surface area contributed by atoms with Crippen molar-refractivity contribution in [1.82, 2.24) is 15.5 Å². The predicted molar refractivity (Wildman–Crippen MR) is 119 cm³/mol. The van der Waals surface area contributed by atoms with E-state index in [0.29, 0.717) is 36.6 Å². The number of carboxylic acids is 1. The molecule has 174 valence electrons. The molecule has 0 aliphatic carbocycles. The van der Waals surface area contributed by atoms with Crippen molar-refractivity contribution in [3.05, 3.63) is 59.7 Å². The highest BCUT2D eigenvalue weighted by molar-refractivity contribution is 5.87. The second kappa shape index (κ2) is 10.2. The zero-order valence-electron chi connectivity index (χ0n) is 18.2. The third kappa shape index (κ3) is 5.74. The number of likely N-dealkylation sites (tertiary alicyclic amines) is 1. The number of aliphatic carboxylic acids is 1. The van der Waals surface area contributed by atoms with Crippen LogP contribution in [0, 0.1) is 0 Å². The van der Waals surface area contributed by atoms with E-state index in [1.807, 2.05) is 30.3 Å². The number of nitrogens with zero attached hydrogens (tertiary/aromatic N) is 1. The van der Waals surface area contributed by atoms with Crippen LogP contribution in [0.2, 0.25) is 0 Å². The van der Waals surface area contributed by atoms with Crippen molar-refractivity contribution in [2.45, 2.75) is 44.3 Å². The number of ether oxygens (including phenoxy) is 2. The maximum absolute atomic E-state index is 13.1. The number of hydrogen-bond acceptors (Lipinski definition) is 5. The van der Waals surface area contributed by atoms with E-state index in [1.54, 1.807) is 23.1 Å².